The van der Waals surface area contributed by atoms with Crippen molar-refractivity contribution in [2.75, 3.05) is 53.0 Å². The quantitative estimate of drug-likeness (QED) is 0.252. The van der Waals surface area contributed by atoms with Crippen LogP contribution >= 0.6 is 0 Å². The molecule has 3 heterocycles. The molecule has 0 radical (unpaired) electrons. The average Bonchev–Trinajstić information content (AvgIpc) is 3.32. The van der Waals surface area contributed by atoms with E-state index in [4.69, 9.17) is 19.2 Å². The molecule has 212 valence electrons. The minimum Gasteiger partial charge on any atom is -0.494 e. The average molecular weight is 555 g/mol. The fraction of sp³-hybridized carbons (Fsp3) is 0.312. The lowest BCUT2D eigenvalue weighted by Gasteiger charge is -2.32. The monoisotopic (exact) mass is 554 g/mol. The highest BCUT2D eigenvalue weighted by Crippen LogP contribution is 2.36. The van der Waals surface area contributed by atoms with Crippen LogP contribution in [0.15, 0.2) is 65.7 Å². The molecule has 41 heavy (non-hydrogen) atoms. The number of aliphatic imine (C=N–C) groups is 1. The number of aromatic hydroxyl groups is 1. The molecule has 1 fully saturated rings. The topological polar surface area (TPSA) is 99.6 Å². The van der Waals surface area contributed by atoms with Crippen LogP contribution in [0.4, 0.5) is 5.69 Å². The van der Waals surface area contributed by atoms with Crippen molar-refractivity contribution in [3.8, 4) is 17.4 Å². The van der Waals surface area contributed by atoms with E-state index in [1.807, 2.05) is 30.3 Å². The summed E-state index contributed by atoms with van der Waals surface area (Å²) in [6.45, 7) is 8.20. The molecular formula is C32H34N4O5. The smallest absolute Gasteiger partial charge is 0.338 e. The summed E-state index contributed by atoms with van der Waals surface area (Å²) in [5.74, 6) is 0.853. The molecule has 0 unspecified atom stereocenters. The first kappa shape index (κ1) is 26.9. The van der Waals surface area contributed by atoms with E-state index in [1.165, 1.54) is 5.56 Å². The van der Waals surface area contributed by atoms with Crippen LogP contribution in [0.2, 0.25) is 0 Å². The molecule has 0 bridgehead atoms. The molecule has 1 aromatic heterocycles. The second kappa shape index (κ2) is 11.6. The maximum atomic E-state index is 12.3. The molecule has 1 saturated heterocycles. The van der Waals surface area contributed by atoms with Crippen molar-refractivity contribution < 1.29 is 24.1 Å². The molecule has 0 saturated carbocycles. The van der Waals surface area contributed by atoms with Crippen LogP contribution < -0.4 is 9.47 Å². The number of benzene rings is 3. The number of carbonyl (C=O) groups excluding carboxylic acids is 1. The number of fused-ring (bicyclic) bond motifs is 2. The van der Waals surface area contributed by atoms with Crippen LogP contribution in [0.25, 0.3) is 10.9 Å². The van der Waals surface area contributed by atoms with E-state index in [0.29, 0.717) is 47.1 Å². The molecule has 2 aliphatic rings. The lowest BCUT2D eigenvalue weighted by Crippen LogP contribution is -2.43. The Morgan fingerprint density at radius 3 is 2.44 bits per heavy atom. The fourth-order valence-electron chi connectivity index (χ4n) is 5.29. The Hall–Kier alpha value is -4.34. The van der Waals surface area contributed by atoms with Gasteiger partial charge in [0.25, 0.3) is 0 Å². The largest absolute Gasteiger partial charge is 0.494 e. The summed E-state index contributed by atoms with van der Waals surface area (Å²) in [6, 6.07) is 19.1. The lowest BCUT2D eigenvalue weighted by molar-refractivity contribution is 0.0526. The minimum absolute atomic E-state index is 0.0404. The van der Waals surface area contributed by atoms with Gasteiger partial charge in [-0.15, -0.1) is 0 Å². The van der Waals surface area contributed by atoms with E-state index in [2.05, 4.69) is 34.0 Å². The first-order valence-corrected chi connectivity index (χ1v) is 14.0. The van der Waals surface area contributed by atoms with Crippen LogP contribution in [0, 0.1) is 0 Å². The maximum absolute atomic E-state index is 12.3. The van der Waals surface area contributed by atoms with Gasteiger partial charge in [0.2, 0.25) is 0 Å². The molecule has 3 aromatic carbocycles. The van der Waals surface area contributed by atoms with Gasteiger partial charge in [-0.2, -0.15) is 0 Å². The van der Waals surface area contributed by atoms with Gasteiger partial charge >= 0.3 is 5.97 Å². The van der Waals surface area contributed by atoms with Gasteiger partial charge in [0, 0.05) is 49.2 Å². The van der Waals surface area contributed by atoms with E-state index < -0.39 is 5.97 Å². The van der Waals surface area contributed by atoms with Crippen molar-refractivity contribution >= 4 is 28.3 Å². The molecule has 2 N–H and O–H groups in total. The van der Waals surface area contributed by atoms with Crippen LogP contribution in [-0.4, -0.2) is 84.6 Å². The Morgan fingerprint density at radius 1 is 0.951 bits per heavy atom. The Labute approximate surface area is 239 Å². The summed E-state index contributed by atoms with van der Waals surface area (Å²) >= 11 is 0. The second-order valence-electron chi connectivity index (χ2n) is 10.4. The van der Waals surface area contributed by atoms with E-state index in [0.717, 1.165) is 49.4 Å². The lowest BCUT2D eigenvalue weighted by atomic mass is 9.99. The maximum Gasteiger partial charge on any atom is 0.338 e. The van der Waals surface area contributed by atoms with Gasteiger partial charge in [-0.3, -0.25) is 4.90 Å². The highest BCUT2D eigenvalue weighted by molar-refractivity contribution is 6.22. The number of esters is 1. The standard InChI is InChI=1S/C32H34N4O5/c1-3-39-32(38)23-6-10-25-26(18-23)34-31(37)29(25)30(22-7-11-27-28(19-22)41-17-16-40-27)33-24-8-4-21(5-9-24)20-36-14-12-35(2)13-15-36/h4-11,18-19,34,37H,3,12-17,20H2,1-2H3. The first-order valence-electron chi connectivity index (χ1n) is 14.0. The number of aromatic amines is 1. The predicted molar refractivity (Wildman–Crippen MR) is 158 cm³/mol. The highest BCUT2D eigenvalue weighted by atomic mass is 16.6. The summed E-state index contributed by atoms with van der Waals surface area (Å²) in [5.41, 5.74) is 4.87. The van der Waals surface area contributed by atoms with Gasteiger partial charge in [-0.1, -0.05) is 18.2 Å². The minimum atomic E-state index is -0.414. The van der Waals surface area contributed by atoms with Crippen LogP contribution in [-0.2, 0) is 11.3 Å². The molecule has 9 heteroatoms. The van der Waals surface area contributed by atoms with Crippen molar-refractivity contribution in [2.45, 2.75) is 13.5 Å². The van der Waals surface area contributed by atoms with Crippen molar-refractivity contribution in [3.63, 3.8) is 0 Å². The number of H-pyrrole nitrogens is 1. The van der Waals surface area contributed by atoms with Crippen LogP contribution in [0.3, 0.4) is 0 Å². The summed E-state index contributed by atoms with van der Waals surface area (Å²) in [4.78, 5) is 25.2. The molecule has 0 spiro atoms. The molecule has 0 aliphatic carbocycles. The van der Waals surface area contributed by atoms with E-state index >= 15 is 0 Å². The molecular weight excluding hydrogens is 520 g/mol. The number of nitrogens with zero attached hydrogens (tertiary/aromatic N) is 3. The van der Waals surface area contributed by atoms with Gasteiger partial charge in [-0.05, 0) is 62.0 Å². The third kappa shape index (κ3) is 5.77. The number of carbonyl (C=O) groups is 1. The number of ether oxygens (including phenoxy) is 3. The fourth-order valence-corrected chi connectivity index (χ4v) is 5.29. The Morgan fingerprint density at radius 2 is 1.68 bits per heavy atom. The normalized spacial score (nSPS) is 16.2. The van der Waals surface area contributed by atoms with Crippen LogP contribution in [0.1, 0.15) is 34.0 Å². The predicted octanol–water partition coefficient (Wildman–Crippen LogP) is 4.74. The number of hydrogen-bond acceptors (Lipinski definition) is 8. The zero-order valence-corrected chi connectivity index (χ0v) is 23.4. The third-order valence-corrected chi connectivity index (χ3v) is 7.52. The summed E-state index contributed by atoms with van der Waals surface area (Å²) in [6.07, 6.45) is 0. The zero-order valence-electron chi connectivity index (χ0n) is 23.4. The number of hydrogen-bond donors (Lipinski definition) is 2. The summed E-state index contributed by atoms with van der Waals surface area (Å²) in [7, 11) is 2.16. The van der Waals surface area contributed by atoms with Gasteiger partial charge in [0.15, 0.2) is 17.4 Å². The van der Waals surface area contributed by atoms with Gasteiger partial charge in [-0.25, -0.2) is 9.79 Å². The number of nitrogens with one attached hydrogen (secondary N) is 1. The summed E-state index contributed by atoms with van der Waals surface area (Å²) < 4.78 is 16.7. The van der Waals surface area contributed by atoms with Crippen LogP contribution in [0.5, 0.6) is 17.4 Å². The van der Waals surface area contributed by atoms with Gasteiger partial charge in [0.05, 0.1) is 29.1 Å². The number of piperazine rings is 1. The molecule has 2 aliphatic heterocycles. The molecule has 0 amide bonds. The number of rotatable bonds is 7. The number of likely N-dealkylation sites (N-methyl/N-ethyl adjacent to an activating group) is 1. The highest BCUT2D eigenvalue weighted by Gasteiger charge is 2.22. The SMILES string of the molecule is CCOC(=O)c1ccc2c(C(=Nc3ccc(CN4CCN(C)CC4)cc3)c3ccc4c(c3)OCCO4)c(O)[nH]c2c1. The van der Waals surface area contributed by atoms with E-state index in [-0.39, 0.29) is 12.5 Å². The second-order valence-corrected chi connectivity index (χ2v) is 10.4. The summed E-state index contributed by atoms with van der Waals surface area (Å²) in [5, 5.41) is 11.9. The third-order valence-electron chi connectivity index (χ3n) is 7.52. The Balaban J connectivity index is 1.39. The van der Waals surface area contributed by atoms with Crippen molar-refractivity contribution in [1.29, 1.82) is 0 Å². The number of aromatic nitrogens is 1. The van der Waals surface area contributed by atoms with Crippen molar-refractivity contribution in [1.82, 2.24) is 14.8 Å². The Kier molecular flexibility index (Phi) is 7.63. The van der Waals surface area contributed by atoms with Crippen molar-refractivity contribution in [3.05, 3.63) is 82.9 Å². The van der Waals surface area contributed by atoms with E-state index in [1.54, 1.807) is 25.1 Å². The van der Waals surface area contributed by atoms with Crippen molar-refractivity contribution in [2.24, 2.45) is 4.99 Å². The Bertz CT molecular complexity index is 1590. The molecule has 9 nitrogen and oxygen atoms in total. The van der Waals surface area contributed by atoms with Gasteiger partial charge < -0.3 is 29.2 Å². The molecule has 0 atom stereocenters. The van der Waals surface area contributed by atoms with Gasteiger partial charge in [0.1, 0.15) is 13.2 Å². The zero-order chi connectivity index (χ0) is 28.3. The molecule has 6 rings (SSSR count). The van der Waals surface area contributed by atoms with E-state index in [9.17, 15) is 9.90 Å². The first-order chi connectivity index (χ1) is 20.0. The molecule has 4 aromatic rings.